The van der Waals surface area contributed by atoms with Crippen molar-refractivity contribution in [3.63, 3.8) is 0 Å². The molecule has 10 heteroatoms. The van der Waals surface area contributed by atoms with Crippen LogP contribution in [0.2, 0.25) is 0 Å². The smallest absolute Gasteiger partial charge is 0.396 e. The van der Waals surface area contributed by atoms with Gasteiger partial charge in [-0.2, -0.15) is 18.4 Å². The number of likely N-dealkylation sites (tertiary alicyclic amines) is 1. The fourth-order valence-corrected chi connectivity index (χ4v) is 4.87. The molecule has 2 saturated heterocycles. The molecule has 4 rings (SSSR count). The Bertz CT molecular complexity index is 1130. The molecule has 2 aliphatic heterocycles. The maximum absolute atomic E-state index is 14.1. The number of fused-ring (bicyclic) bond motifs is 1. The molecule has 33 heavy (non-hydrogen) atoms. The minimum absolute atomic E-state index is 0.0574. The fraction of sp³-hybridized carbons (Fsp3) is 0.391. The van der Waals surface area contributed by atoms with E-state index in [9.17, 15) is 31.9 Å². The first-order valence-electron chi connectivity index (χ1n) is 10.3. The number of piperidine rings is 1. The third-order valence-electron chi connectivity index (χ3n) is 6.62. The van der Waals surface area contributed by atoms with E-state index in [1.54, 1.807) is 11.0 Å². The fourth-order valence-electron chi connectivity index (χ4n) is 4.87. The summed E-state index contributed by atoms with van der Waals surface area (Å²) in [5.41, 5.74) is -2.48. The summed E-state index contributed by atoms with van der Waals surface area (Å²) >= 11 is 0. The van der Waals surface area contributed by atoms with Crippen LogP contribution < -0.4 is 4.90 Å². The van der Waals surface area contributed by atoms with Crippen LogP contribution in [0.3, 0.4) is 0 Å². The van der Waals surface area contributed by atoms with Crippen LogP contribution in [0.5, 0.6) is 0 Å². The number of anilines is 1. The van der Waals surface area contributed by atoms with E-state index in [0.717, 1.165) is 30.3 Å². The summed E-state index contributed by atoms with van der Waals surface area (Å²) in [6, 6.07) is 7.63. The summed E-state index contributed by atoms with van der Waals surface area (Å²) < 4.78 is 67.8. The summed E-state index contributed by atoms with van der Waals surface area (Å²) in [6.07, 6.45) is -4.25. The molecule has 0 unspecified atom stereocenters. The van der Waals surface area contributed by atoms with E-state index in [1.165, 1.54) is 11.0 Å². The minimum atomic E-state index is -4.69. The first-order valence-corrected chi connectivity index (χ1v) is 10.3. The van der Waals surface area contributed by atoms with E-state index in [1.807, 2.05) is 0 Å². The van der Waals surface area contributed by atoms with E-state index < -0.39 is 45.8 Å². The number of hydrogen-bond donors (Lipinski definition) is 1. The Hall–Kier alpha value is -3.19. The number of alkyl halides is 3. The van der Waals surface area contributed by atoms with Crippen molar-refractivity contribution in [1.29, 1.82) is 5.26 Å². The van der Waals surface area contributed by atoms with Crippen molar-refractivity contribution in [3.05, 3.63) is 64.7 Å². The van der Waals surface area contributed by atoms with E-state index in [0.29, 0.717) is 13.0 Å². The Morgan fingerprint density at radius 1 is 1.18 bits per heavy atom. The largest absolute Gasteiger partial charge is 0.417 e. The van der Waals surface area contributed by atoms with Crippen molar-refractivity contribution >= 4 is 11.6 Å². The molecule has 1 N–H and O–H groups in total. The molecular formula is C23H20F5N3O2. The van der Waals surface area contributed by atoms with Crippen LogP contribution in [-0.4, -0.2) is 48.7 Å². The van der Waals surface area contributed by atoms with Crippen LogP contribution in [0.4, 0.5) is 27.6 Å². The van der Waals surface area contributed by atoms with Crippen LogP contribution in [0.25, 0.3) is 0 Å². The Labute approximate surface area is 186 Å². The van der Waals surface area contributed by atoms with Gasteiger partial charge in [-0.15, -0.1) is 0 Å². The van der Waals surface area contributed by atoms with Gasteiger partial charge < -0.3 is 14.9 Å². The topological polar surface area (TPSA) is 67.6 Å². The van der Waals surface area contributed by atoms with Gasteiger partial charge in [-0.25, -0.2) is 8.78 Å². The zero-order valence-corrected chi connectivity index (χ0v) is 17.4. The maximum atomic E-state index is 14.1. The molecule has 0 bridgehead atoms. The summed E-state index contributed by atoms with van der Waals surface area (Å²) in [5, 5.41) is 19.2. The number of halogens is 5. The highest BCUT2D eigenvalue weighted by atomic mass is 19.4. The summed E-state index contributed by atoms with van der Waals surface area (Å²) in [7, 11) is 0. The highest BCUT2D eigenvalue weighted by molar-refractivity contribution is 5.94. The van der Waals surface area contributed by atoms with Crippen molar-refractivity contribution in [3.8, 4) is 6.07 Å². The quantitative estimate of drug-likeness (QED) is 0.700. The molecule has 0 aliphatic carbocycles. The lowest BCUT2D eigenvalue weighted by atomic mass is 9.74. The SMILES string of the molecule is N#Cc1ccc(N2C[C@@H]3CCN(C(=O)c4cc(F)ccc4F)C[C@]3(CO)C2)cc1C(F)(F)F. The van der Waals surface area contributed by atoms with Crippen LogP contribution in [0.15, 0.2) is 36.4 Å². The number of carbonyl (C=O) groups is 1. The highest BCUT2D eigenvalue weighted by Crippen LogP contribution is 2.45. The molecule has 174 valence electrons. The second-order valence-corrected chi connectivity index (χ2v) is 8.58. The maximum Gasteiger partial charge on any atom is 0.417 e. The average molecular weight is 465 g/mol. The zero-order chi connectivity index (χ0) is 24.0. The van der Waals surface area contributed by atoms with E-state index >= 15 is 0 Å². The number of nitrogens with zero attached hydrogens (tertiary/aromatic N) is 3. The Balaban J connectivity index is 1.60. The van der Waals surface area contributed by atoms with Crippen LogP contribution in [0, 0.1) is 34.3 Å². The Morgan fingerprint density at radius 3 is 2.61 bits per heavy atom. The van der Waals surface area contributed by atoms with Gasteiger partial charge in [-0.1, -0.05) is 0 Å². The van der Waals surface area contributed by atoms with Crippen molar-refractivity contribution in [2.75, 3.05) is 37.7 Å². The van der Waals surface area contributed by atoms with Gasteiger partial charge in [0.05, 0.1) is 29.4 Å². The number of carbonyl (C=O) groups excluding carboxylic acids is 1. The second kappa shape index (κ2) is 8.30. The third kappa shape index (κ3) is 4.13. The standard InChI is InChI=1S/C23H20F5N3O2/c24-16-2-4-20(25)18(7-16)21(33)30-6-5-15-10-31(12-22(15,11-30)13-32)17-3-1-14(9-29)19(8-17)23(26,27)28/h1-4,7-8,15,32H,5-6,10-13H2/t15-,22+/m0/s1. The van der Waals surface area contributed by atoms with E-state index in [-0.39, 0.29) is 37.8 Å². The van der Waals surface area contributed by atoms with Crippen molar-refractivity contribution in [1.82, 2.24) is 4.90 Å². The predicted molar refractivity (Wildman–Crippen MR) is 108 cm³/mol. The highest BCUT2D eigenvalue weighted by Gasteiger charge is 2.50. The molecule has 2 aliphatic rings. The van der Waals surface area contributed by atoms with E-state index in [2.05, 4.69) is 0 Å². The first-order chi connectivity index (χ1) is 15.6. The van der Waals surface area contributed by atoms with Gasteiger partial charge in [0.1, 0.15) is 11.6 Å². The molecule has 0 saturated carbocycles. The van der Waals surface area contributed by atoms with E-state index in [4.69, 9.17) is 5.26 Å². The molecule has 0 spiro atoms. The molecule has 2 fully saturated rings. The predicted octanol–water partition coefficient (Wildman–Crippen LogP) is 3.82. The molecule has 1 amide bonds. The summed E-state index contributed by atoms with van der Waals surface area (Å²) in [4.78, 5) is 15.9. The molecule has 2 atom stereocenters. The molecule has 5 nitrogen and oxygen atoms in total. The van der Waals surface area contributed by atoms with Gasteiger partial charge in [0.2, 0.25) is 0 Å². The van der Waals surface area contributed by atoms with Gasteiger partial charge in [0.25, 0.3) is 5.91 Å². The lowest BCUT2D eigenvalue weighted by Crippen LogP contribution is -2.52. The zero-order valence-electron chi connectivity index (χ0n) is 17.4. The molecule has 0 radical (unpaired) electrons. The van der Waals surface area contributed by atoms with Gasteiger partial charge in [-0.05, 0) is 48.7 Å². The minimum Gasteiger partial charge on any atom is -0.396 e. The summed E-state index contributed by atoms with van der Waals surface area (Å²) in [6.45, 7) is 0.511. The van der Waals surface area contributed by atoms with Crippen molar-refractivity contribution < 1.29 is 31.9 Å². The number of aliphatic hydroxyl groups excluding tert-OH is 1. The Kier molecular flexibility index (Phi) is 5.78. The molecule has 2 aromatic carbocycles. The number of rotatable bonds is 3. The van der Waals surface area contributed by atoms with Crippen molar-refractivity contribution in [2.45, 2.75) is 12.6 Å². The van der Waals surface area contributed by atoms with Gasteiger partial charge in [-0.3, -0.25) is 4.79 Å². The van der Waals surface area contributed by atoms with Gasteiger partial charge in [0.15, 0.2) is 0 Å². The monoisotopic (exact) mass is 465 g/mol. The number of amides is 1. The molecule has 2 heterocycles. The van der Waals surface area contributed by atoms with Gasteiger partial charge in [0, 0.05) is 37.3 Å². The van der Waals surface area contributed by atoms with Crippen LogP contribution in [0.1, 0.15) is 27.9 Å². The van der Waals surface area contributed by atoms with Crippen LogP contribution in [-0.2, 0) is 6.18 Å². The number of aliphatic hydroxyl groups is 1. The number of benzene rings is 2. The molecular weight excluding hydrogens is 445 g/mol. The normalized spacial score (nSPS) is 22.8. The van der Waals surface area contributed by atoms with Crippen LogP contribution >= 0.6 is 0 Å². The van der Waals surface area contributed by atoms with Gasteiger partial charge >= 0.3 is 6.18 Å². The summed E-state index contributed by atoms with van der Waals surface area (Å²) in [5.74, 6) is -2.42. The first kappa shape index (κ1) is 23.0. The third-order valence-corrected chi connectivity index (χ3v) is 6.62. The number of hydrogen-bond acceptors (Lipinski definition) is 4. The number of nitriles is 1. The molecule has 0 aromatic heterocycles. The Morgan fingerprint density at radius 2 is 1.94 bits per heavy atom. The molecule has 2 aromatic rings. The lowest BCUT2D eigenvalue weighted by molar-refractivity contribution is -0.137. The second-order valence-electron chi connectivity index (χ2n) is 8.58. The average Bonchev–Trinajstić information content (AvgIpc) is 3.18. The van der Waals surface area contributed by atoms with Crippen molar-refractivity contribution in [2.24, 2.45) is 11.3 Å². The lowest BCUT2D eigenvalue weighted by Gasteiger charge is -2.43.